The van der Waals surface area contributed by atoms with Crippen molar-refractivity contribution in [3.63, 3.8) is 0 Å². The Morgan fingerprint density at radius 3 is 2.64 bits per heavy atom. The number of nitrogens with zero attached hydrogens (tertiary/aromatic N) is 4. The average molecular weight is 498 g/mol. The minimum Gasteiger partial charge on any atom is -0.530 e. The van der Waals surface area contributed by atoms with Gasteiger partial charge in [0.1, 0.15) is 16.9 Å². The van der Waals surface area contributed by atoms with Gasteiger partial charge in [-0.1, -0.05) is 11.6 Å². The lowest BCUT2D eigenvalue weighted by Gasteiger charge is -2.34. The third-order valence-electron chi connectivity index (χ3n) is 5.81. The monoisotopic (exact) mass is 497 g/mol. The number of hydrogen-bond acceptors (Lipinski definition) is 6. The Hall–Kier alpha value is -2.59. The fourth-order valence-corrected chi connectivity index (χ4v) is 4.96. The molecule has 0 aliphatic carbocycles. The Balaban J connectivity index is 1.30. The zero-order valence-corrected chi connectivity index (χ0v) is 19.1. The number of carbonyl (C=O) groups excluding carboxylic acids is 1. The maximum atomic E-state index is 12.7. The van der Waals surface area contributed by atoms with E-state index in [1.165, 1.54) is 0 Å². The van der Waals surface area contributed by atoms with Gasteiger partial charge in [-0.2, -0.15) is 13.2 Å². The van der Waals surface area contributed by atoms with Gasteiger partial charge in [-0.05, 0) is 55.5 Å². The van der Waals surface area contributed by atoms with Crippen LogP contribution in [0.4, 0.5) is 23.8 Å². The lowest BCUT2D eigenvalue weighted by molar-refractivity contribution is -0.266. The number of rotatable bonds is 6. The summed E-state index contributed by atoms with van der Waals surface area (Å²) in [7, 11) is 0. The van der Waals surface area contributed by atoms with Gasteiger partial charge in [-0.15, -0.1) is 11.3 Å². The molecule has 3 aromatic rings. The molecule has 0 spiro atoms. The number of carbonyl (C=O) groups is 1. The number of alkyl halides is 3. The van der Waals surface area contributed by atoms with Crippen LogP contribution in [0.2, 0.25) is 5.02 Å². The largest absolute Gasteiger partial charge is 0.530 e. The van der Waals surface area contributed by atoms with Gasteiger partial charge in [0.15, 0.2) is 5.69 Å². The molecule has 0 unspecified atom stereocenters. The molecule has 0 bridgehead atoms. The highest BCUT2D eigenvalue weighted by Gasteiger charge is 2.33. The SMILES string of the molecule is O=C([O-])N(CCC1CCN(c2ccc3cc(Cl)ccc3n2)CC1)Cc1nc(C(F)(F)F)cs1. The molecule has 1 fully saturated rings. The summed E-state index contributed by atoms with van der Waals surface area (Å²) in [4.78, 5) is 22.9. The first-order chi connectivity index (χ1) is 15.7. The summed E-state index contributed by atoms with van der Waals surface area (Å²) >= 11 is 6.83. The van der Waals surface area contributed by atoms with Crippen molar-refractivity contribution in [2.24, 2.45) is 5.92 Å². The van der Waals surface area contributed by atoms with E-state index in [-0.39, 0.29) is 18.1 Å². The number of hydrogen-bond donors (Lipinski definition) is 0. The molecule has 6 nitrogen and oxygen atoms in total. The van der Waals surface area contributed by atoms with Crippen LogP contribution in [0.3, 0.4) is 0 Å². The third-order valence-corrected chi connectivity index (χ3v) is 6.88. The van der Waals surface area contributed by atoms with Crippen molar-refractivity contribution in [3.05, 3.63) is 51.4 Å². The van der Waals surface area contributed by atoms with Crippen molar-refractivity contribution in [3.8, 4) is 0 Å². The highest BCUT2D eigenvalue weighted by atomic mass is 35.5. The second-order valence-electron chi connectivity index (χ2n) is 8.04. The van der Waals surface area contributed by atoms with Crippen LogP contribution in [0.15, 0.2) is 35.7 Å². The number of amides is 1. The summed E-state index contributed by atoms with van der Waals surface area (Å²) in [5, 5.41) is 14.1. The van der Waals surface area contributed by atoms with Crippen molar-refractivity contribution in [2.75, 3.05) is 24.5 Å². The minimum atomic E-state index is -4.54. The van der Waals surface area contributed by atoms with Crippen LogP contribution in [0, 0.1) is 5.92 Å². The summed E-state index contributed by atoms with van der Waals surface area (Å²) in [6, 6.07) is 9.54. The van der Waals surface area contributed by atoms with Gasteiger partial charge >= 0.3 is 6.18 Å². The van der Waals surface area contributed by atoms with E-state index in [0.29, 0.717) is 17.4 Å². The number of anilines is 1. The van der Waals surface area contributed by atoms with Gasteiger partial charge in [0.25, 0.3) is 0 Å². The van der Waals surface area contributed by atoms with Crippen LogP contribution < -0.4 is 10.0 Å². The van der Waals surface area contributed by atoms with Crippen LogP contribution in [-0.4, -0.2) is 40.6 Å². The fourth-order valence-electron chi connectivity index (χ4n) is 3.96. The third kappa shape index (κ3) is 5.86. The van der Waals surface area contributed by atoms with Gasteiger partial charge in [-0.3, -0.25) is 0 Å². The lowest BCUT2D eigenvalue weighted by atomic mass is 9.93. The molecule has 1 saturated heterocycles. The molecule has 1 aliphatic heterocycles. The molecule has 1 amide bonds. The molecule has 11 heteroatoms. The Bertz CT molecular complexity index is 1130. The van der Waals surface area contributed by atoms with Crippen molar-refractivity contribution in [1.82, 2.24) is 14.9 Å². The smallest absolute Gasteiger partial charge is 0.434 e. The first kappa shape index (κ1) is 23.6. The topological polar surface area (TPSA) is 72.4 Å². The summed E-state index contributed by atoms with van der Waals surface area (Å²) < 4.78 is 38.2. The van der Waals surface area contributed by atoms with Crippen molar-refractivity contribution in [2.45, 2.75) is 32.0 Å². The van der Waals surface area contributed by atoms with Gasteiger partial charge in [0.05, 0.1) is 12.1 Å². The van der Waals surface area contributed by atoms with Crippen LogP contribution in [-0.2, 0) is 12.7 Å². The van der Waals surface area contributed by atoms with Gasteiger partial charge in [0, 0.05) is 35.4 Å². The normalized spacial score (nSPS) is 15.2. The fraction of sp³-hybridized carbons (Fsp3) is 0.409. The highest BCUT2D eigenvalue weighted by Crippen LogP contribution is 2.31. The summed E-state index contributed by atoms with van der Waals surface area (Å²) in [6.45, 7) is 1.59. The number of halogens is 4. The zero-order chi connectivity index (χ0) is 23.6. The molecule has 1 aliphatic rings. The highest BCUT2D eigenvalue weighted by molar-refractivity contribution is 7.09. The Labute approximate surface area is 197 Å². The number of pyridine rings is 1. The molecule has 0 atom stereocenters. The van der Waals surface area contributed by atoms with Crippen molar-refractivity contribution in [1.29, 1.82) is 0 Å². The second kappa shape index (κ2) is 9.72. The van der Waals surface area contributed by atoms with E-state index in [4.69, 9.17) is 16.6 Å². The van der Waals surface area contributed by atoms with Crippen LogP contribution in [0.1, 0.15) is 30.0 Å². The van der Waals surface area contributed by atoms with E-state index in [0.717, 1.165) is 64.3 Å². The number of piperidine rings is 1. The number of aromatic nitrogens is 2. The Morgan fingerprint density at radius 2 is 1.97 bits per heavy atom. The maximum absolute atomic E-state index is 12.7. The van der Waals surface area contributed by atoms with Crippen LogP contribution >= 0.6 is 22.9 Å². The van der Waals surface area contributed by atoms with Gasteiger partial charge in [-0.25, -0.2) is 9.97 Å². The molecular weight excluding hydrogens is 477 g/mol. The number of thiazole rings is 1. The van der Waals surface area contributed by atoms with E-state index in [9.17, 15) is 23.1 Å². The first-order valence-corrected chi connectivity index (χ1v) is 11.7. The summed E-state index contributed by atoms with van der Waals surface area (Å²) in [6.07, 6.45) is -3.59. The van der Waals surface area contributed by atoms with Crippen molar-refractivity contribution < 1.29 is 23.1 Å². The van der Waals surface area contributed by atoms with E-state index in [2.05, 4.69) is 9.88 Å². The van der Waals surface area contributed by atoms with Gasteiger partial charge < -0.3 is 19.7 Å². The molecule has 0 saturated carbocycles. The number of benzene rings is 1. The van der Waals surface area contributed by atoms with Crippen LogP contribution in [0.25, 0.3) is 10.9 Å². The molecule has 0 N–H and O–H groups in total. The molecule has 33 heavy (non-hydrogen) atoms. The quantitative estimate of drug-likeness (QED) is 0.488. The number of carboxylic acid groups (broad SMARTS) is 1. The van der Waals surface area contributed by atoms with E-state index in [1.807, 2.05) is 30.3 Å². The van der Waals surface area contributed by atoms with Crippen molar-refractivity contribution >= 4 is 45.8 Å². The van der Waals surface area contributed by atoms with Gasteiger partial charge in [0.2, 0.25) is 0 Å². The Kier molecular flexibility index (Phi) is 6.94. The predicted molar refractivity (Wildman–Crippen MR) is 119 cm³/mol. The van der Waals surface area contributed by atoms with Crippen LogP contribution in [0.5, 0.6) is 0 Å². The lowest BCUT2D eigenvalue weighted by Crippen LogP contribution is -2.42. The van der Waals surface area contributed by atoms with E-state index < -0.39 is 18.0 Å². The summed E-state index contributed by atoms with van der Waals surface area (Å²) in [5.41, 5.74) is -0.127. The van der Waals surface area contributed by atoms with E-state index >= 15 is 0 Å². The standard InChI is InChI=1S/C22H22ClF3N4O2S/c23-16-2-3-17-15(11-16)1-4-19(27-17)29-8-5-14(6-9-29)7-10-30(21(31)32)12-20-28-18(13-33-20)22(24,25)26/h1-4,11,13-14H,5-10,12H2,(H,31,32)/p-1. The molecule has 176 valence electrons. The molecule has 2 aromatic heterocycles. The molecule has 0 radical (unpaired) electrons. The molecule has 4 rings (SSSR count). The maximum Gasteiger partial charge on any atom is 0.434 e. The average Bonchev–Trinajstić information content (AvgIpc) is 3.26. The molecule has 1 aromatic carbocycles. The zero-order valence-electron chi connectivity index (χ0n) is 17.5. The molecular formula is C22H21ClF3N4O2S-. The second-order valence-corrected chi connectivity index (χ2v) is 9.42. The number of fused-ring (bicyclic) bond motifs is 1. The minimum absolute atomic E-state index is 0.102. The predicted octanol–water partition coefficient (Wildman–Crippen LogP) is 4.82. The van der Waals surface area contributed by atoms with E-state index in [1.54, 1.807) is 0 Å². The molecule has 3 heterocycles. The Morgan fingerprint density at radius 1 is 1.21 bits per heavy atom. The summed E-state index contributed by atoms with van der Waals surface area (Å²) in [5.74, 6) is 1.20. The first-order valence-electron chi connectivity index (χ1n) is 10.5.